The number of rotatable bonds is 7. The van der Waals surface area contributed by atoms with E-state index >= 15 is 0 Å². The second kappa shape index (κ2) is 7.90. The minimum absolute atomic E-state index is 0.0443. The fourth-order valence-electron chi connectivity index (χ4n) is 3.16. The lowest BCUT2D eigenvalue weighted by Gasteiger charge is -2.11. The van der Waals surface area contributed by atoms with Crippen LogP contribution in [0.1, 0.15) is 24.8 Å². The van der Waals surface area contributed by atoms with E-state index in [4.69, 9.17) is 4.74 Å². The Morgan fingerprint density at radius 2 is 2.08 bits per heavy atom. The van der Waals surface area contributed by atoms with Crippen molar-refractivity contribution in [1.82, 2.24) is 10.3 Å². The molecular weight excluding hydrogens is 356 g/mol. The van der Waals surface area contributed by atoms with E-state index in [0.717, 1.165) is 22.9 Å². The second-order valence-corrected chi connectivity index (χ2v) is 8.77. The molecule has 0 radical (unpaired) electrons. The third-order valence-electron chi connectivity index (χ3n) is 4.46. The maximum atomic E-state index is 11.8. The Balaban J connectivity index is 1.36. The molecule has 0 aliphatic carbocycles. The van der Waals surface area contributed by atoms with Crippen LogP contribution in [0, 0.1) is 0 Å². The van der Waals surface area contributed by atoms with Gasteiger partial charge in [-0.2, -0.15) is 0 Å². The maximum Gasteiger partial charge on any atom is 0.306 e. The summed E-state index contributed by atoms with van der Waals surface area (Å²) in [5.74, 6) is -0.848. The number of amides is 1. The van der Waals surface area contributed by atoms with Crippen molar-refractivity contribution < 1.29 is 22.7 Å². The molecule has 8 heteroatoms. The van der Waals surface area contributed by atoms with Gasteiger partial charge >= 0.3 is 5.97 Å². The number of aromatic amines is 1. The van der Waals surface area contributed by atoms with Gasteiger partial charge < -0.3 is 15.0 Å². The number of carbonyl (C=O) groups excluding carboxylic acids is 2. The molecule has 0 unspecified atom stereocenters. The van der Waals surface area contributed by atoms with Crippen LogP contribution in [0.3, 0.4) is 0 Å². The third kappa shape index (κ3) is 4.85. The van der Waals surface area contributed by atoms with Crippen molar-refractivity contribution in [2.75, 3.05) is 18.1 Å². The molecular formula is C18H22N2O5S. The van der Waals surface area contributed by atoms with Gasteiger partial charge in [0.25, 0.3) is 5.91 Å². The van der Waals surface area contributed by atoms with Gasteiger partial charge in [0.15, 0.2) is 16.4 Å². The summed E-state index contributed by atoms with van der Waals surface area (Å²) in [5, 5.41) is 3.73. The summed E-state index contributed by atoms with van der Waals surface area (Å²) in [4.78, 5) is 26.7. The average molecular weight is 378 g/mol. The van der Waals surface area contributed by atoms with Crippen molar-refractivity contribution in [2.24, 2.45) is 0 Å². The van der Waals surface area contributed by atoms with E-state index in [-0.39, 0.29) is 30.6 Å². The van der Waals surface area contributed by atoms with E-state index in [2.05, 4.69) is 10.3 Å². The number of fused-ring (bicyclic) bond motifs is 1. The van der Waals surface area contributed by atoms with Gasteiger partial charge in [0.05, 0.1) is 11.5 Å². The number of sulfone groups is 1. The molecule has 2 aromatic rings. The first-order valence-electron chi connectivity index (χ1n) is 8.63. The predicted molar refractivity (Wildman–Crippen MR) is 97.4 cm³/mol. The number of para-hydroxylation sites is 1. The standard InChI is InChI=1S/C18H22N2O5S/c21-17(20-14-8-9-26(23,24)12-14)11-25-18(22)7-3-4-13-10-19-16-6-2-1-5-15(13)16/h1-2,5-6,10,14,19H,3-4,7-9,11-12H2,(H,20,21)/t14-/m0/s1. The zero-order valence-electron chi connectivity index (χ0n) is 14.4. The Hall–Kier alpha value is -2.35. The maximum absolute atomic E-state index is 11.8. The molecule has 2 N–H and O–H groups in total. The first-order valence-corrected chi connectivity index (χ1v) is 10.5. The van der Waals surface area contributed by atoms with Crippen LogP contribution in [0.2, 0.25) is 0 Å². The van der Waals surface area contributed by atoms with Crippen LogP contribution < -0.4 is 5.32 Å². The molecule has 0 spiro atoms. The van der Waals surface area contributed by atoms with Crippen LogP contribution >= 0.6 is 0 Å². The van der Waals surface area contributed by atoms with E-state index in [1.165, 1.54) is 0 Å². The molecule has 2 heterocycles. The Bertz CT molecular complexity index is 903. The molecule has 7 nitrogen and oxygen atoms in total. The van der Waals surface area contributed by atoms with E-state index in [9.17, 15) is 18.0 Å². The molecule has 1 aliphatic heterocycles. The minimum atomic E-state index is -3.05. The van der Waals surface area contributed by atoms with Gasteiger partial charge in [-0.15, -0.1) is 0 Å². The first-order chi connectivity index (χ1) is 12.4. The summed E-state index contributed by atoms with van der Waals surface area (Å²) in [6.07, 6.45) is 3.95. The van der Waals surface area contributed by atoms with E-state index in [1.54, 1.807) is 0 Å². The zero-order chi connectivity index (χ0) is 18.6. The smallest absolute Gasteiger partial charge is 0.306 e. The second-order valence-electron chi connectivity index (χ2n) is 6.54. The summed E-state index contributed by atoms with van der Waals surface area (Å²) in [6, 6.07) is 7.59. The lowest BCUT2D eigenvalue weighted by atomic mass is 10.1. The molecule has 1 amide bonds. The zero-order valence-corrected chi connectivity index (χ0v) is 15.2. The molecule has 1 aromatic carbocycles. The summed E-state index contributed by atoms with van der Waals surface area (Å²) in [6.45, 7) is -0.373. The number of aryl methyl sites for hydroxylation is 1. The Labute approximate surface area is 152 Å². The van der Waals surface area contributed by atoms with Gasteiger partial charge in [-0.25, -0.2) is 8.42 Å². The van der Waals surface area contributed by atoms with Crippen LogP contribution in [0.5, 0.6) is 0 Å². The van der Waals surface area contributed by atoms with Crippen LogP contribution in [0.25, 0.3) is 10.9 Å². The summed E-state index contributed by atoms with van der Waals surface area (Å²) < 4.78 is 27.7. The van der Waals surface area contributed by atoms with Crippen molar-refractivity contribution in [3.05, 3.63) is 36.0 Å². The largest absolute Gasteiger partial charge is 0.456 e. The minimum Gasteiger partial charge on any atom is -0.456 e. The topological polar surface area (TPSA) is 105 Å². The number of esters is 1. The average Bonchev–Trinajstić information content (AvgIpc) is 3.16. The number of ether oxygens (including phenoxy) is 1. The lowest BCUT2D eigenvalue weighted by Crippen LogP contribution is -2.38. The number of H-pyrrole nitrogens is 1. The fourth-order valence-corrected chi connectivity index (χ4v) is 4.83. The van der Waals surface area contributed by atoms with Crippen molar-refractivity contribution in [1.29, 1.82) is 0 Å². The normalized spacial score (nSPS) is 18.7. The number of aromatic nitrogens is 1. The molecule has 1 aliphatic rings. The van der Waals surface area contributed by atoms with E-state index < -0.39 is 21.7 Å². The van der Waals surface area contributed by atoms with Gasteiger partial charge in [-0.05, 0) is 30.9 Å². The summed E-state index contributed by atoms with van der Waals surface area (Å²) in [5.41, 5.74) is 2.21. The van der Waals surface area contributed by atoms with Gasteiger partial charge in [0.1, 0.15) is 0 Å². The van der Waals surface area contributed by atoms with Gasteiger partial charge in [-0.3, -0.25) is 9.59 Å². The molecule has 1 atom stereocenters. The number of carbonyl (C=O) groups is 2. The van der Waals surface area contributed by atoms with Crippen molar-refractivity contribution in [3.63, 3.8) is 0 Å². The molecule has 140 valence electrons. The Morgan fingerprint density at radius 3 is 2.85 bits per heavy atom. The van der Waals surface area contributed by atoms with Gasteiger partial charge in [0.2, 0.25) is 0 Å². The van der Waals surface area contributed by atoms with Gasteiger partial charge in [0, 0.05) is 29.6 Å². The highest BCUT2D eigenvalue weighted by atomic mass is 32.2. The lowest BCUT2D eigenvalue weighted by molar-refractivity contribution is -0.148. The quantitative estimate of drug-likeness (QED) is 0.707. The Kier molecular flexibility index (Phi) is 5.61. The number of benzene rings is 1. The summed E-state index contributed by atoms with van der Waals surface area (Å²) in [7, 11) is -3.05. The van der Waals surface area contributed by atoms with Crippen LogP contribution in [0.15, 0.2) is 30.5 Å². The van der Waals surface area contributed by atoms with Crippen molar-refractivity contribution >= 4 is 32.6 Å². The molecule has 0 bridgehead atoms. The molecule has 1 fully saturated rings. The van der Waals surface area contributed by atoms with Gasteiger partial charge in [-0.1, -0.05) is 18.2 Å². The molecule has 1 aromatic heterocycles. The van der Waals surface area contributed by atoms with Crippen molar-refractivity contribution in [2.45, 2.75) is 31.7 Å². The molecule has 1 saturated heterocycles. The monoisotopic (exact) mass is 378 g/mol. The highest BCUT2D eigenvalue weighted by Gasteiger charge is 2.28. The number of nitrogens with one attached hydrogen (secondary N) is 2. The molecule has 3 rings (SSSR count). The predicted octanol–water partition coefficient (Wildman–Crippen LogP) is 1.34. The van der Waals surface area contributed by atoms with E-state index in [1.807, 2.05) is 30.5 Å². The summed E-state index contributed by atoms with van der Waals surface area (Å²) >= 11 is 0. The highest BCUT2D eigenvalue weighted by Crippen LogP contribution is 2.19. The van der Waals surface area contributed by atoms with Crippen LogP contribution in [-0.4, -0.2) is 49.4 Å². The fraction of sp³-hybridized carbons (Fsp3) is 0.444. The van der Waals surface area contributed by atoms with Crippen LogP contribution in [0.4, 0.5) is 0 Å². The SMILES string of the molecule is O=C(COC(=O)CCCc1c[nH]c2ccccc12)N[C@H]1CCS(=O)(=O)C1. The third-order valence-corrected chi connectivity index (χ3v) is 6.23. The van der Waals surface area contributed by atoms with Crippen molar-refractivity contribution in [3.8, 4) is 0 Å². The highest BCUT2D eigenvalue weighted by molar-refractivity contribution is 7.91. The molecule has 26 heavy (non-hydrogen) atoms. The van der Waals surface area contributed by atoms with Crippen LogP contribution in [-0.2, 0) is 30.6 Å². The molecule has 0 saturated carbocycles. The van der Waals surface area contributed by atoms with E-state index in [0.29, 0.717) is 12.8 Å². The number of hydrogen-bond acceptors (Lipinski definition) is 5. The number of hydrogen-bond donors (Lipinski definition) is 2. The Morgan fingerprint density at radius 1 is 1.27 bits per heavy atom. The first kappa shape index (κ1) is 18.4.